The third kappa shape index (κ3) is 3.27. The maximum Gasteiger partial charge on any atom is 0.255 e. The molecule has 0 bridgehead atoms. The summed E-state index contributed by atoms with van der Waals surface area (Å²) in [6.07, 6.45) is 6.11. The fourth-order valence-corrected chi connectivity index (χ4v) is 3.55. The van der Waals surface area contributed by atoms with Gasteiger partial charge in [-0.1, -0.05) is 24.4 Å². The molecule has 5 heteroatoms. The van der Waals surface area contributed by atoms with Crippen molar-refractivity contribution in [2.75, 3.05) is 6.54 Å². The van der Waals surface area contributed by atoms with Gasteiger partial charge >= 0.3 is 0 Å². The van der Waals surface area contributed by atoms with Crippen LogP contribution >= 0.6 is 11.6 Å². The molecule has 3 rings (SSSR count). The monoisotopic (exact) mass is 334 g/mol. The molecule has 0 aliphatic carbocycles. The minimum atomic E-state index is -0.429. The van der Waals surface area contributed by atoms with Crippen LogP contribution in [0.2, 0.25) is 5.02 Å². The van der Waals surface area contributed by atoms with Gasteiger partial charge in [0.05, 0.1) is 16.6 Å². The number of amides is 1. The second-order valence-corrected chi connectivity index (χ2v) is 6.44. The van der Waals surface area contributed by atoms with Gasteiger partial charge < -0.3 is 9.47 Å². The van der Waals surface area contributed by atoms with Crippen LogP contribution in [0.4, 0.5) is 4.39 Å². The predicted molar refractivity (Wildman–Crippen MR) is 89.1 cm³/mol. The van der Waals surface area contributed by atoms with Gasteiger partial charge in [-0.25, -0.2) is 4.39 Å². The van der Waals surface area contributed by atoms with Crippen LogP contribution in [0.5, 0.6) is 0 Å². The maximum absolute atomic E-state index is 13.3. The summed E-state index contributed by atoms with van der Waals surface area (Å²) in [5.74, 6) is -0.551. The van der Waals surface area contributed by atoms with Gasteiger partial charge in [-0.3, -0.25) is 4.79 Å². The zero-order valence-corrected chi connectivity index (χ0v) is 13.9. The number of hydrogen-bond donors (Lipinski definition) is 0. The molecule has 0 unspecified atom stereocenters. The lowest BCUT2D eigenvalue weighted by Crippen LogP contribution is -2.35. The van der Waals surface area contributed by atoms with Crippen LogP contribution < -0.4 is 0 Å². The van der Waals surface area contributed by atoms with Crippen molar-refractivity contribution in [3.8, 4) is 0 Å². The van der Waals surface area contributed by atoms with E-state index >= 15 is 0 Å². The van der Waals surface area contributed by atoms with E-state index in [9.17, 15) is 9.18 Å². The minimum absolute atomic E-state index is 0.0334. The molecule has 0 saturated carbocycles. The number of aromatic nitrogens is 1. The molecule has 2 aromatic rings. The Morgan fingerprint density at radius 1 is 1.26 bits per heavy atom. The highest BCUT2D eigenvalue weighted by Crippen LogP contribution is 2.32. The fourth-order valence-electron chi connectivity index (χ4n) is 3.30. The van der Waals surface area contributed by atoms with E-state index in [4.69, 9.17) is 11.6 Å². The maximum atomic E-state index is 13.3. The van der Waals surface area contributed by atoms with Crippen molar-refractivity contribution >= 4 is 17.5 Å². The first-order valence-electron chi connectivity index (χ1n) is 7.95. The lowest BCUT2D eigenvalue weighted by Gasteiger charge is -2.31. The average Bonchev–Trinajstić information content (AvgIpc) is 2.80. The molecule has 1 saturated heterocycles. The average molecular weight is 335 g/mol. The third-order valence-corrected chi connectivity index (χ3v) is 4.81. The summed E-state index contributed by atoms with van der Waals surface area (Å²) >= 11 is 6.10. The number of carbonyl (C=O) groups excluding carboxylic acids is 1. The van der Waals surface area contributed by atoms with E-state index in [0.29, 0.717) is 12.1 Å². The molecule has 1 aliphatic rings. The van der Waals surface area contributed by atoms with E-state index in [0.717, 1.165) is 31.4 Å². The van der Waals surface area contributed by atoms with E-state index < -0.39 is 5.82 Å². The van der Waals surface area contributed by atoms with Crippen molar-refractivity contribution < 1.29 is 9.18 Å². The summed E-state index contributed by atoms with van der Waals surface area (Å²) in [5, 5.41) is 0.171. The zero-order valence-electron chi connectivity index (χ0n) is 13.1. The number of likely N-dealkylation sites (tertiary alicyclic amines) is 1. The first-order chi connectivity index (χ1) is 11.1. The Balaban J connectivity index is 1.96. The molecule has 3 nitrogen and oxygen atoms in total. The lowest BCUT2D eigenvalue weighted by atomic mass is 10.1. The van der Waals surface area contributed by atoms with E-state index in [1.54, 1.807) is 0 Å². The number of benzene rings is 1. The Hall–Kier alpha value is -1.81. The minimum Gasteiger partial charge on any atom is -0.353 e. The highest BCUT2D eigenvalue weighted by molar-refractivity contribution is 6.33. The van der Waals surface area contributed by atoms with Crippen LogP contribution in [-0.2, 0) is 7.05 Å². The molecule has 0 radical (unpaired) electrons. The summed E-state index contributed by atoms with van der Waals surface area (Å²) in [7, 11) is 1.99. The summed E-state index contributed by atoms with van der Waals surface area (Å²) in [6, 6.07) is 8.05. The van der Waals surface area contributed by atoms with Gasteiger partial charge in [0.25, 0.3) is 5.91 Å². The number of hydrogen-bond acceptors (Lipinski definition) is 1. The Morgan fingerprint density at radius 2 is 2.09 bits per heavy atom. The van der Waals surface area contributed by atoms with Crippen LogP contribution in [0.15, 0.2) is 36.5 Å². The van der Waals surface area contributed by atoms with Gasteiger partial charge in [0.1, 0.15) is 5.82 Å². The standard InChI is InChI=1S/C18H20ClFN2O/c1-21-10-5-7-16(21)17-6-3-2-4-11-22(17)18(23)14-9-8-13(20)12-15(14)19/h5,7-10,12,17H,2-4,6,11H2,1H3/t17-/m1/s1. The molecule has 1 amide bonds. The molecule has 0 spiro atoms. The Bertz CT molecular complexity index is 713. The van der Waals surface area contributed by atoms with Crippen LogP contribution in [0, 0.1) is 5.82 Å². The first kappa shape index (κ1) is 16.1. The Kier molecular flexibility index (Phi) is 4.71. The van der Waals surface area contributed by atoms with Crippen LogP contribution in [-0.4, -0.2) is 21.9 Å². The van der Waals surface area contributed by atoms with Crippen molar-refractivity contribution in [1.82, 2.24) is 9.47 Å². The van der Waals surface area contributed by atoms with Gasteiger partial charge in [-0.2, -0.15) is 0 Å². The number of nitrogens with zero attached hydrogens (tertiary/aromatic N) is 2. The van der Waals surface area contributed by atoms with Crippen molar-refractivity contribution in [3.63, 3.8) is 0 Å². The smallest absolute Gasteiger partial charge is 0.255 e. The SMILES string of the molecule is Cn1cccc1[C@H]1CCCCCN1C(=O)c1ccc(F)cc1Cl. The molecule has 122 valence electrons. The molecular weight excluding hydrogens is 315 g/mol. The van der Waals surface area contributed by atoms with Crippen LogP contribution in [0.1, 0.15) is 47.8 Å². The molecular formula is C18H20ClFN2O. The number of halogens is 2. The summed E-state index contributed by atoms with van der Waals surface area (Å²) < 4.78 is 15.3. The van der Waals surface area contributed by atoms with Crippen molar-refractivity contribution in [3.05, 3.63) is 58.6 Å². The van der Waals surface area contributed by atoms with E-state index in [-0.39, 0.29) is 17.0 Å². The van der Waals surface area contributed by atoms with Crippen molar-refractivity contribution in [2.24, 2.45) is 7.05 Å². The molecule has 2 heterocycles. The first-order valence-corrected chi connectivity index (χ1v) is 8.33. The topological polar surface area (TPSA) is 25.2 Å². The normalized spacial score (nSPS) is 18.7. The Labute approximate surface area is 140 Å². The van der Waals surface area contributed by atoms with Gasteiger partial charge in [-0.15, -0.1) is 0 Å². The van der Waals surface area contributed by atoms with Gasteiger partial charge in [0.2, 0.25) is 0 Å². The van der Waals surface area contributed by atoms with Crippen LogP contribution in [0.3, 0.4) is 0 Å². The second kappa shape index (κ2) is 6.75. The molecule has 1 aromatic heterocycles. The van der Waals surface area contributed by atoms with Gasteiger partial charge in [-0.05, 0) is 43.2 Å². The van der Waals surface area contributed by atoms with E-state index in [1.165, 1.54) is 18.2 Å². The van der Waals surface area contributed by atoms with Crippen molar-refractivity contribution in [1.29, 1.82) is 0 Å². The van der Waals surface area contributed by atoms with Gasteiger partial charge in [0.15, 0.2) is 0 Å². The van der Waals surface area contributed by atoms with Crippen molar-refractivity contribution in [2.45, 2.75) is 31.7 Å². The summed E-state index contributed by atoms with van der Waals surface area (Å²) in [5.41, 5.74) is 1.49. The fraction of sp³-hybridized carbons (Fsp3) is 0.389. The zero-order chi connectivity index (χ0) is 16.4. The highest BCUT2D eigenvalue weighted by Gasteiger charge is 2.29. The number of carbonyl (C=O) groups is 1. The molecule has 0 N–H and O–H groups in total. The summed E-state index contributed by atoms with van der Waals surface area (Å²) in [6.45, 7) is 0.697. The van der Waals surface area contributed by atoms with E-state index in [1.807, 2.05) is 24.2 Å². The lowest BCUT2D eigenvalue weighted by molar-refractivity contribution is 0.0674. The Morgan fingerprint density at radius 3 is 2.78 bits per heavy atom. The number of rotatable bonds is 2. The van der Waals surface area contributed by atoms with E-state index in [2.05, 4.69) is 10.6 Å². The second-order valence-electron chi connectivity index (χ2n) is 6.03. The number of aryl methyl sites for hydroxylation is 1. The summed E-state index contributed by atoms with van der Waals surface area (Å²) in [4.78, 5) is 14.9. The molecule has 1 atom stereocenters. The molecule has 1 aliphatic heterocycles. The third-order valence-electron chi connectivity index (χ3n) is 4.50. The molecule has 1 fully saturated rings. The highest BCUT2D eigenvalue weighted by atomic mass is 35.5. The predicted octanol–water partition coefficient (Wildman–Crippen LogP) is 4.58. The largest absolute Gasteiger partial charge is 0.353 e. The molecule has 1 aromatic carbocycles. The quantitative estimate of drug-likeness (QED) is 0.789. The molecule has 23 heavy (non-hydrogen) atoms. The van der Waals surface area contributed by atoms with Gasteiger partial charge in [0, 0.05) is 25.5 Å². The van der Waals surface area contributed by atoms with Crippen LogP contribution in [0.25, 0.3) is 0 Å².